The third-order valence-electron chi connectivity index (χ3n) is 3.34. The number of nitrogens with zero attached hydrogens (tertiary/aromatic N) is 1. The Morgan fingerprint density at radius 1 is 1.00 bits per heavy atom. The number of hydrogen-bond donors (Lipinski definition) is 2. The molecule has 1 aliphatic heterocycles. The summed E-state index contributed by atoms with van der Waals surface area (Å²) in [6.45, 7) is 1.93. The maximum Gasteiger partial charge on any atom is 0.274 e. The summed E-state index contributed by atoms with van der Waals surface area (Å²) in [6.07, 6.45) is 0. The van der Waals surface area contributed by atoms with E-state index < -0.39 is 0 Å². The van der Waals surface area contributed by atoms with Crippen LogP contribution in [-0.4, -0.2) is 17.5 Å². The van der Waals surface area contributed by atoms with Gasteiger partial charge >= 0.3 is 0 Å². The van der Waals surface area contributed by atoms with Gasteiger partial charge in [-0.15, -0.1) is 0 Å². The van der Waals surface area contributed by atoms with Gasteiger partial charge in [0.1, 0.15) is 5.71 Å². The maximum atomic E-state index is 12.4. The number of hydrogen-bond acceptors (Lipinski definition) is 3. The summed E-state index contributed by atoms with van der Waals surface area (Å²) in [5.74, 6) is -0.393. The minimum atomic E-state index is -0.245. The highest BCUT2D eigenvalue weighted by molar-refractivity contribution is 6.49. The van der Waals surface area contributed by atoms with Crippen LogP contribution in [0.4, 0.5) is 11.4 Å². The molecular weight excluding hydrogens is 278 g/mol. The highest BCUT2D eigenvalue weighted by Crippen LogP contribution is 2.23. The lowest BCUT2D eigenvalue weighted by atomic mass is 10.0. The molecule has 2 aromatic carbocycles. The molecule has 0 radical (unpaired) electrons. The number of nitrogens with one attached hydrogen (secondary N) is 2. The summed E-state index contributed by atoms with van der Waals surface area (Å²) in [5, 5.41) is 5.55. The van der Waals surface area contributed by atoms with E-state index in [0.29, 0.717) is 17.9 Å². The molecule has 0 saturated carbocycles. The first kappa shape index (κ1) is 14.0. The fourth-order valence-corrected chi connectivity index (χ4v) is 2.37. The number of carbonyl (C=O) groups is 2. The summed E-state index contributed by atoms with van der Waals surface area (Å²) in [5.41, 5.74) is 3.52. The average molecular weight is 293 g/mol. The first-order valence-electron chi connectivity index (χ1n) is 6.95. The molecule has 2 N–H and O–H groups in total. The minimum Gasteiger partial charge on any atom is -0.326 e. The fourth-order valence-electron chi connectivity index (χ4n) is 2.37. The van der Waals surface area contributed by atoms with E-state index in [2.05, 4.69) is 15.6 Å². The van der Waals surface area contributed by atoms with Gasteiger partial charge in [0.15, 0.2) is 0 Å². The number of anilines is 2. The molecule has 5 nitrogen and oxygen atoms in total. The van der Waals surface area contributed by atoms with Gasteiger partial charge in [0, 0.05) is 23.9 Å². The van der Waals surface area contributed by atoms with E-state index >= 15 is 0 Å². The topological polar surface area (TPSA) is 70.6 Å². The Hall–Kier alpha value is -2.95. The second kappa shape index (κ2) is 5.81. The molecule has 0 atom stereocenters. The summed E-state index contributed by atoms with van der Waals surface area (Å²) < 4.78 is 0. The summed E-state index contributed by atoms with van der Waals surface area (Å²) in [4.78, 5) is 27.8. The smallest absolute Gasteiger partial charge is 0.274 e. The molecule has 0 fully saturated rings. The molecule has 0 spiro atoms. The maximum absolute atomic E-state index is 12.4. The van der Waals surface area contributed by atoms with Crippen molar-refractivity contribution in [1.82, 2.24) is 0 Å². The molecule has 2 aromatic rings. The van der Waals surface area contributed by atoms with Gasteiger partial charge in [0.05, 0.1) is 6.54 Å². The van der Waals surface area contributed by atoms with Gasteiger partial charge in [-0.3, -0.25) is 14.6 Å². The van der Waals surface area contributed by atoms with Gasteiger partial charge in [-0.25, -0.2) is 0 Å². The molecule has 0 aromatic heterocycles. The molecule has 0 unspecified atom stereocenters. The number of rotatable bonds is 3. The number of amides is 2. The van der Waals surface area contributed by atoms with Gasteiger partial charge in [-0.1, -0.05) is 24.3 Å². The number of para-hydroxylation sites is 1. The van der Waals surface area contributed by atoms with Crippen molar-refractivity contribution in [2.75, 3.05) is 10.6 Å². The number of carbonyl (C=O) groups excluding carboxylic acids is 2. The standard InChI is InChI=1S/C17H15N3O2/c1-11(21)19-14-8-7-12-10-18-16(15(12)9-14)17(22)20-13-5-3-2-4-6-13/h2-9H,10H2,1H3,(H,19,21)(H,20,22). The van der Waals surface area contributed by atoms with Crippen LogP contribution >= 0.6 is 0 Å². The molecule has 2 amide bonds. The zero-order valence-electron chi connectivity index (χ0n) is 12.1. The highest BCUT2D eigenvalue weighted by atomic mass is 16.2. The monoisotopic (exact) mass is 293 g/mol. The van der Waals surface area contributed by atoms with Gasteiger partial charge in [0.25, 0.3) is 5.91 Å². The first-order chi connectivity index (χ1) is 10.6. The van der Waals surface area contributed by atoms with E-state index in [0.717, 1.165) is 16.8 Å². The van der Waals surface area contributed by atoms with Crippen LogP contribution in [-0.2, 0) is 16.1 Å². The van der Waals surface area contributed by atoms with Gasteiger partial charge in [-0.05, 0) is 29.8 Å². The van der Waals surface area contributed by atoms with Crippen LogP contribution in [0.25, 0.3) is 0 Å². The Morgan fingerprint density at radius 3 is 2.50 bits per heavy atom. The van der Waals surface area contributed by atoms with Crippen LogP contribution in [0, 0.1) is 0 Å². The lowest BCUT2D eigenvalue weighted by Crippen LogP contribution is -2.22. The summed E-state index contributed by atoms with van der Waals surface area (Å²) >= 11 is 0. The van der Waals surface area contributed by atoms with Gasteiger partial charge < -0.3 is 10.6 Å². The molecule has 22 heavy (non-hydrogen) atoms. The van der Waals surface area contributed by atoms with Crippen molar-refractivity contribution in [3.05, 3.63) is 59.7 Å². The zero-order chi connectivity index (χ0) is 15.5. The Labute approximate surface area is 128 Å². The molecule has 5 heteroatoms. The van der Waals surface area contributed by atoms with Crippen molar-refractivity contribution in [3.63, 3.8) is 0 Å². The van der Waals surface area contributed by atoms with Crippen LogP contribution in [0.3, 0.4) is 0 Å². The molecule has 0 aliphatic carbocycles. The summed E-state index contributed by atoms with van der Waals surface area (Å²) in [6, 6.07) is 14.7. The Bertz CT molecular complexity index is 767. The van der Waals surface area contributed by atoms with Crippen LogP contribution < -0.4 is 10.6 Å². The molecule has 110 valence electrons. The second-order valence-electron chi connectivity index (χ2n) is 5.04. The van der Waals surface area contributed by atoms with Crippen molar-refractivity contribution in [2.45, 2.75) is 13.5 Å². The Morgan fingerprint density at radius 2 is 1.77 bits per heavy atom. The number of benzene rings is 2. The van der Waals surface area contributed by atoms with Crippen molar-refractivity contribution in [3.8, 4) is 0 Å². The number of fused-ring (bicyclic) bond motifs is 1. The zero-order valence-corrected chi connectivity index (χ0v) is 12.1. The predicted molar refractivity (Wildman–Crippen MR) is 86.1 cm³/mol. The van der Waals surface area contributed by atoms with Crippen molar-refractivity contribution < 1.29 is 9.59 Å². The van der Waals surface area contributed by atoms with E-state index in [1.54, 1.807) is 6.07 Å². The van der Waals surface area contributed by atoms with Gasteiger partial charge in [0.2, 0.25) is 5.91 Å². The Balaban J connectivity index is 1.83. The quantitative estimate of drug-likeness (QED) is 0.913. The van der Waals surface area contributed by atoms with Crippen LogP contribution in [0.15, 0.2) is 53.5 Å². The average Bonchev–Trinajstić information content (AvgIpc) is 2.91. The van der Waals surface area contributed by atoms with Gasteiger partial charge in [-0.2, -0.15) is 0 Å². The van der Waals surface area contributed by atoms with Crippen molar-refractivity contribution in [2.24, 2.45) is 4.99 Å². The largest absolute Gasteiger partial charge is 0.326 e. The SMILES string of the molecule is CC(=O)Nc1ccc2c(c1)C(C(=O)Nc1ccccc1)=NC2. The third-order valence-corrected chi connectivity index (χ3v) is 3.34. The van der Waals surface area contributed by atoms with E-state index in [9.17, 15) is 9.59 Å². The first-order valence-corrected chi connectivity index (χ1v) is 6.95. The summed E-state index contributed by atoms with van der Waals surface area (Å²) in [7, 11) is 0. The van der Waals surface area contributed by atoms with E-state index in [4.69, 9.17) is 0 Å². The molecule has 0 saturated heterocycles. The second-order valence-corrected chi connectivity index (χ2v) is 5.04. The highest BCUT2D eigenvalue weighted by Gasteiger charge is 2.22. The van der Waals surface area contributed by atoms with E-state index in [1.807, 2.05) is 42.5 Å². The minimum absolute atomic E-state index is 0.148. The lowest BCUT2D eigenvalue weighted by molar-refractivity contribution is -0.114. The molecule has 1 aliphatic rings. The fraction of sp³-hybridized carbons (Fsp3) is 0.118. The Kier molecular flexibility index (Phi) is 3.70. The van der Waals surface area contributed by atoms with E-state index in [-0.39, 0.29) is 11.8 Å². The van der Waals surface area contributed by atoms with Crippen molar-refractivity contribution >= 4 is 28.9 Å². The van der Waals surface area contributed by atoms with E-state index in [1.165, 1.54) is 6.92 Å². The molecule has 3 rings (SSSR count). The van der Waals surface area contributed by atoms with Crippen molar-refractivity contribution in [1.29, 1.82) is 0 Å². The number of aliphatic imine (C=N–C) groups is 1. The molecular formula is C17H15N3O2. The lowest BCUT2D eigenvalue weighted by Gasteiger charge is -2.08. The van der Waals surface area contributed by atoms with Crippen LogP contribution in [0.1, 0.15) is 18.1 Å². The van der Waals surface area contributed by atoms with Crippen LogP contribution in [0.2, 0.25) is 0 Å². The predicted octanol–water partition coefficient (Wildman–Crippen LogP) is 2.59. The third kappa shape index (κ3) is 2.88. The normalized spacial score (nSPS) is 12.3. The van der Waals surface area contributed by atoms with Crippen LogP contribution in [0.5, 0.6) is 0 Å². The molecule has 0 bridgehead atoms. The molecule has 1 heterocycles.